The minimum absolute atomic E-state index is 0.457. The quantitative estimate of drug-likeness (QED) is 0.777. The van der Waals surface area contributed by atoms with Crippen molar-refractivity contribution >= 4 is 0 Å². The van der Waals surface area contributed by atoms with Crippen molar-refractivity contribution in [3.8, 4) is 0 Å². The van der Waals surface area contributed by atoms with E-state index in [0.717, 1.165) is 6.54 Å². The molecule has 17 heavy (non-hydrogen) atoms. The van der Waals surface area contributed by atoms with Crippen LogP contribution >= 0.6 is 0 Å². The molecule has 0 saturated heterocycles. The summed E-state index contributed by atoms with van der Waals surface area (Å²) in [6, 6.07) is 7.20. The molecule has 92 valence electrons. The van der Waals surface area contributed by atoms with Gasteiger partial charge in [-0.25, -0.2) is 0 Å². The molecule has 2 unspecified atom stereocenters. The number of benzene rings is 1. The highest BCUT2D eigenvalue weighted by molar-refractivity contribution is 5.42. The van der Waals surface area contributed by atoms with Gasteiger partial charge in [-0.3, -0.25) is 0 Å². The van der Waals surface area contributed by atoms with Crippen LogP contribution in [0.3, 0.4) is 0 Å². The monoisotopic (exact) mass is 229 g/mol. The third-order valence-electron chi connectivity index (χ3n) is 3.90. The predicted octanol–water partition coefficient (Wildman–Crippen LogP) is 3.65. The van der Waals surface area contributed by atoms with Crippen molar-refractivity contribution in [3.05, 3.63) is 47.0 Å². The fraction of sp³-hybridized carbons (Fsp3) is 0.500. The first kappa shape index (κ1) is 12.4. The second-order valence-corrected chi connectivity index (χ2v) is 5.22. The highest BCUT2D eigenvalue weighted by atomic mass is 14.9. The Morgan fingerprint density at radius 1 is 1.47 bits per heavy atom. The summed E-state index contributed by atoms with van der Waals surface area (Å²) in [6.07, 6.45) is 2.36. The van der Waals surface area contributed by atoms with Gasteiger partial charge in [0.25, 0.3) is 0 Å². The van der Waals surface area contributed by atoms with Crippen LogP contribution in [-0.2, 0) is 12.8 Å². The van der Waals surface area contributed by atoms with E-state index in [1.165, 1.54) is 29.5 Å². The molecule has 1 N–H and O–H groups in total. The average Bonchev–Trinajstić information content (AvgIpc) is 2.72. The minimum Gasteiger partial charge on any atom is -0.310 e. The molecule has 0 bridgehead atoms. The van der Waals surface area contributed by atoms with Crippen molar-refractivity contribution in [1.29, 1.82) is 0 Å². The van der Waals surface area contributed by atoms with Crippen LogP contribution in [-0.4, -0.2) is 6.54 Å². The standard InChI is InChI=1S/C16H23N/c1-5-17-12(4)15-8-6-7-13-9-14(11(2)3)10-16(13)15/h6-8,12,14,17H,2,5,9-10H2,1,3-4H3. The maximum atomic E-state index is 4.12. The number of hydrogen-bond acceptors (Lipinski definition) is 1. The first-order valence-electron chi connectivity index (χ1n) is 6.63. The van der Waals surface area contributed by atoms with E-state index in [1.54, 1.807) is 5.56 Å². The van der Waals surface area contributed by atoms with E-state index in [2.05, 4.69) is 50.9 Å². The van der Waals surface area contributed by atoms with Crippen molar-refractivity contribution in [2.45, 2.75) is 39.7 Å². The molecule has 0 amide bonds. The second kappa shape index (κ2) is 5.05. The number of allylic oxidation sites excluding steroid dienone is 1. The smallest absolute Gasteiger partial charge is 0.0294 e. The largest absolute Gasteiger partial charge is 0.310 e. The molecule has 1 aliphatic rings. The topological polar surface area (TPSA) is 12.0 Å². The fourth-order valence-corrected chi connectivity index (χ4v) is 2.85. The molecule has 1 heteroatoms. The number of fused-ring (bicyclic) bond motifs is 1. The Bertz CT molecular complexity index is 420. The van der Waals surface area contributed by atoms with E-state index in [-0.39, 0.29) is 0 Å². The fourth-order valence-electron chi connectivity index (χ4n) is 2.85. The van der Waals surface area contributed by atoms with Crippen LogP contribution in [0.5, 0.6) is 0 Å². The maximum absolute atomic E-state index is 4.12. The van der Waals surface area contributed by atoms with Crippen LogP contribution in [0, 0.1) is 5.92 Å². The van der Waals surface area contributed by atoms with E-state index in [9.17, 15) is 0 Å². The molecule has 1 aromatic carbocycles. The highest BCUT2D eigenvalue weighted by Gasteiger charge is 2.25. The first-order valence-corrected chi connectivity index (χ1v) is 6.63. The lowest BCUT2D eigenvalue weighted by molar-refractivity contribution is 0.589. The molecule has 0 fully saturated rings. The first-order chi connectivity index (χ1) is 8.13. The molecule has 1 aromatic rings. The number of hydrogen-bond donors (Lipinski definition) is 1. The molecule has 0 radical (unpaired) electrons. The van der Waals surface area contributed by atoms with Gasteiger partial charge in [0.05, 0.1) is 0 Å². The molecule has 1 aliphatic carbocycles. The summed E-state index contributed by atoms with van der Waals surface area (Å²) in [5.41, 5.74) is 5.89. The Labute approximate surface area is 105 Å². The molecule has 0 aromatic heterocycles. The zero-order valence-electron chi connectivity index (χ0n) is 11.2. The molecule has 2 atom stereocenters. The minimum atomic E-state index is 0.457. The van der Waals surface area contributed by atoms with Gasteiger partial charge in [-0.1, -0.05) is 37.3 Å². The molecular formula is C16H23N. The summed E-state index contributed by atoms with van der Waals surface area (Å²) < 4.78 is 0. The normalized spacial score (nSPS) is 20.1. The van der Waals surface area contributed by atoms with Crippen molar-refractivity contribution in [3.63, 3.8) is 0 Å². The highest BCUT2D eigenvalue weighted by Crippen LogP contribution is 2.34. The van der Waals surface area contributed by atoms with Gasteiger partial charge in [0, 0.05) is 6.04 Å². The summed E-state index contributed by atoms with van der Waals surface area (Å²) in [5.74, 6) is 0.653. The Balaban J connectivity index is 2.28. The van der Waals surface area contributed by atoms with Crippen LogP contribution in [0.25, 0.3) is 0 Å². The summed E-state index contributed by atoms with van der Waals surface area (Å²) in [7, 11) is 0. The molecule has 1 nitrogen and oxygen atoms in total. The molecule has 0 spiro atoms. The van der Waals surface area contributed by atoms with Gasteiger partial charge in [0.15, 0.2) is 0 Å². The summed E-state index contributed by atoms with van der Waals surface area (Å²) in [6.45, 7) is 11.7. The predicted molar refractivity (Wildman–Crippen MR) is 74.2 cm³/mol. The zero-order valence-corrected chi connectivity index (χ0v) is 11.2. The molecule has 0 heterocycles. The second-order valence-electron chi connectivity index (χ2n) is 5.22. The average molecular weight is 229 g/mol. The van der Waals surface area contributed by atoms with E-state index in [4.69, 9.17) is 0 Å². The van der Waals surface area contributed by atoms with Crippen LogP contribution in [0.1, 0.15) is 43.5 Å². The zero-order chi connectivity index (χ0) is 12.4. The molecule has 0 saturated carbocycles. The lowest BCUT2D eigenvalue weighted by Gasteiger charge is -2.17. The van der Waals surface area contributed by atoms with Crippen LogP contribution < -0.4 is 5.32 Å². The van der Waals surface area contributed by atoms with Gasteiger partial charge in [-0.2, -0.15) is 0 Å². The van der Waals surface area contributed by atoms with E-state index >= 15 is 0 Å². The van der Waals surface area contributed by atoms with Crippen molar-refractivity contribution in [2.24, 2.45) is 5.92 Å². The lowest BCUT2D eigenvalue weighted by Crippen LogP contribution is -2.19. The summed E-state index contributed by atoms with van der Waals surface area (Å²) in [4.78, 5) is 0. The van der Waals surface area contributed by atoms with Crippen molar-refractivity contribution in [1.82, 2.24) is 5.32 Å². The lowest BCUT2D eigenvalue weighted by atomic mass is 9.96. The van der Waals surface area contributed by atoms with Crippen molar-refractivity contribution in [2.75, 3.05) is 6.54 Å². The van der Waals surface area contributed by atoms with Crippen LogP contribution in [0.2, 0.25) is 0 Å². The maximum Gasteiger partial charge on any atom is 0.0294 e. The van der Waals surface area contributed by atoms with E-state index < -0.39 is 0 Å². The van der Waals surface area contributed by atoms with Crippen molar-refractivity contribution < 1.29 is 0 Å². The van der Waals surface area contributed by atoms with Gasteiger partial charge >= 0.3 is 0 Å². The summed E-state index contributed by atoms with van der Waals surface area (Å²) >= 11 is 0. The molecule has 0 aliphatic heterocycles. The Morgan fingerprint density at radius 2 is 2.24 bits per heavy atom. The Hall–Kier alpha value is -1.08. The van der Waals surface area contributed by atoms with Gasteiger partial charge in [-0.15, -0.1) is 0 Å². The van der Waals surface area contributed by atoms with Crippen LogP contribution in [0.4, 0.5) is 0 Å². The summed E-state index contributed by atoms with van der Waals surface area (Å²) in [5, 5.41) is 3.51. The van der Waals surface area contributed by atoms with E-state index in [0.29, 0.717) is 12.0 Å². The third kappa shape index (κ3) is 2.44. The third-order valence-corrected chi connectivity index (χ3v) is 3.90. The van der Waals surface area contributed by atoms with E-state index in [1.807, 2.05) is 0 Å². The Kier molecular flexibility index (Phi) is 3.68. The Morgan fingerprint density at radius 3 is 2.88 bits per heavy atom. The number of rotatable bonds is 4. The van der Waals surface area contributed by atoms with Gasteiger partial charge < -0.3 is 5.32 Å². The number of nitrogens with one attached hydrogen (secondary N) is 1. The van der Waals surface area contributed by atoms with Gasteiger partial charge in [0.2, 0.25) is 0 Å². The molecular weight excluding hydrogens is 206 g/mol. The van der Waals surface area contributed by atoms with Gasteiger partial charge in [-0.05, 0) is 55.8 Å². The van der Waals surface area contributed by atoms with Crippen LogP contribution in [0.15, 0.2) is 30.4 Å². The SMILES string of the molecule is C=C(C)C1Cc2cccc(C(C)NCC)c2C1. The van der Waals surface area contributed by atoms with Gasteiger partial charge in [0.1, 0.15) is 0 Å². The molecule has 2 rings (SSSR count).